The first-order valence-electron chi connectivity index (χ1n) is 6.11. The second-order valence-electron chi connectivity index (χ2n) is 4.37. The van der Waals surface area contributed by atoms with Gasteiger partial charge in [0, 0.05) is 17.1 Å². The highest BCUT2D eigenvalue weighted by molar-refractivity contribution is 5.96. The van der Waals surface area contributed by atoms with E-state index in [-0.39, 0.29) is 12.5 Å². The van der Waals surface area contributed by atoms with Gasteiger partial charge in [0.25, 0.3) is 0 Å². The lowest BCUT2D eigenvalue weighted by molar-refractivity contribution is -0.114. The predicted octanol–water partition coefficient (Wildman–Crippen LogP) is 1.91. The highest BCUT2D eigenvalue weighted by Gasteiger charge is 2.08. The van der Waals surface area contributed by atoms with Gasteiger partial charge in [0.05, 0.1) is 24.0 Å². The summed E-state index contributed by atoms with van der Waals surface area (Å²) in [5.41, 5.74) is 2.48. The number of anilines is 2. The monoisotopic (exact) mass is 271 g/mol. The van der Waals surface area contributed by atoms with Crippen LogP contribution in [0.3, 0.4) is 0 Å². The number of aryl methyl sites for hydroxylation is 1. The van der Waals surface area contributed by atoms with Gasteiger partial charge in [-0.3, -0.25) is 15.2 Å². The van der Waals surface area contributed by atoms with Crippen LogP contribution >= 0.6 is 0 Å². The van der Waals surface area contributed by atoms with Crippen molar-refractivity contribution in [2.75, 3.05) is 17.2 Å². The molecule has 0 aliphatic rings. The zero-order chi connectivity index (χ0) is 13.9. The zero-order valence-corrected chi connectivity index (χ0v) is 10.8. The average Bonchev–Trinajstić information content (AvgIpc) is 3.05. The van der Waals surface area contributed by atoms with Crippen molar-refractivity contribution in [2.45, 2.75) is 6.92 Å². The third-order valence-corrected chi connectivity index (χ3v) is 2.81. The molecule has 2 heterocycles. The Kier molecular flexibility index (Phi) is 3.08. The molecule has 7 nitrogen and oxygen atoms in total. The molecule has 0 atom stereocenters. The Morgan fingerprint density at radius 2 is 2.35 bits per heavy atom. The number of hydrogen-bond acceptors (Lipinski definition) is 5. The predicted molar refractivity (Wildman–Crippen MR) is 74.5 cm³/mol. The fraction of sp³-hybridized carbons (Fsp3) is 0.154. The summed E-state index contributed by atoms with van der Waals surface area (Å²) in [6, 6.07) is 7.36. The standard InChI is InChI=1S/C13H13N5O2/c1-8-5-13(20-18-8)16-12(19)7-14-10-3-2-4-11-9(10)6-15-17-11/h2-6,14H,7H2,1H3,(H,15,17)(H,16,19). The van der Waals surface area contributed by atoms with Crippen LogP contribution in [0.1, 0.15) is 5.69 Å². The SMILES string of the molecule is Cc1cc(NC(=O)CNc2cccc3[nH]ncc23)on1. The van der Waals surface area contributed by atoms with Crippen molar-refractivity contribution in [3.63, 3.8) is 0 Å². The van der Waals surface area contributed by atoms with E-state index >= 15 is 0 Å². The molecule has 0 unspecified atom stereocenters. The van der Waals surface area contributed by atoms with Crippen LogP contribution in [0.4, 0.5) is 11.6 Å². The van der Waals surface area contributed by atoms with E-state index in [1.54, 1.807) is 19.2 Å². The highest BCUT2D eigenvalue weighted by Crippen LogP contribution is 2.20. The van der Waals surface area contributed by atoms with E-state index in [1.807, 2.05) is 18.2 Å². The Balaban J connectivity index is 1.64. The minimum absolute atomic E-state index is 0.129. The smallest absolute Gasteiger partial charge is 0.246 e. The Labute approximate surface area is 114 Å². The average molecular weight is 271 g/mol. The first-order valence-corrected chi connectivity index (χ1v) is 6.11. The molecule has 7 heteroatoms. The van der Waals surface area contributed by atoms with E-state index in [1.165, 1.54) is 0 Å². The van der Waals surface area contributed by atoms with Crippen LogP contribution in [0.25, 0.3) is 10.9 Å². The van der Waals surface area contributed by atoms with Gasteiger partial charge in [-0.05, 0) is 19.1 Å². The van der Waals surface area contributed by atoms with Gasteiger partial charge < -0.3 is 9.84 Å². The van der Waals surface area contributed by atoms with Gasteiger partial charge in [-0.2, -0.15) is 5.10 Å². The van der Waals surface area contributed by atoms with E-state index in [2.05, 4.69) is 26.0 Å². The lowest BCUT2D eigenvalue weighted by Crippen LogP contribution is -2.21. The second-order valence-corrected chi connectivity index (χ2v) is 4.37. The fourth-order valence-electron chi connectivity index (χ4n) is 1.90. The molecular weight excluding hydrogens is 258 g/mol. The maximum Gasteiger partial charge on any atom is 0.246 e. The number of nitrogens with zero attached hydrogens (tertiary/aromatic N) is 2. The number of carbonyl (C=O) groups is 1. The van der Waals surface area contributed by atoms with Crippen molar-refractivity contribution >= 4 is 28.4 Å². The van der Waals surface area contributed by atoms with Gasteiger partial charge in [0.1, 0.15) is 0 Å². The number of nitrogens with one attached hydrogen (secondary N) is 3. The highest BCUT2D eigenvalue weighted by atomic mass is 16.5. The minimum Gasteiger partial charge on any atom is -0.376 e. The molecule has 0 fully saturated rings. The van der Waals surface area contributed by atoms with Gasteiger partial charge in [-0.1, -0.05) is 11.2 Å². The normalized spacial score (nSPS) is 10.7. The molecule has 3 N–H and O–H groups in total. The molecule has 1 amide bonds. The van der Waals surface area contributed by atoms with Crippen LogP contribution in [-0.4, -0.2) is 27.8 Å². The lowest BCUT2D eigenvalue weighted by atomic mass is 10.2. The summed E-state index contributed by atoms with van der Waals surface area (Å²) in [7, 11) is 0. The van der Waals surface area contributed by atoms with Crippen molar-refractivity contribution in [3.05, 3.63) is 36.2 Å². The Bertz CT molecular complexity index is 746. The number of benzene rings is 1. The molecule has 20 heavy (non-hydrogen) atoms. The van der Waals surface area contributed by atoms with Crippen LogP contribution in [-0.2, 0) is 4.79 Å². The molecule has 1 aromatic carbocycles. The summed E-state index contributed by atoms with van der Waals surface area (Å²) in [6.45, 7) is 1.92. The topological polar surface area (TPSA) is 95.8 Å². The number of carbonyl (C=O) groups excluding carboxylic acids is 1. The molecule has 3 aromatic rings. The van der Waals surface area contributed by atoms with E-state index < -0.39 is 0 Å². The molecule has 0 saturated heterocycles. The number of amides is 1. The number of hydrogen-bond donors (Lipinski definition) is 3. The van der Waals surface area contributed by atoms with Gasteiger partial charge >= 0.3 is 0 Å². The van der Waals surface area contributed by atoms with E-state index in [0.717, 1.165) is 22.3 Å². The number of aromatic amines is 1. The molecule has 0 bridgehead atoms. The number of rotatable bonds is 4. The third-order valence-electron chi connectivity index (χ3n) is 2.81. The first-order chi connectivity index (χ1) is 9.72. The zero-order valence-electron chi connectivity index (χ0n) is 10.8. The molecule has 0 spiro atoms. The third kappa shape index (κ3) is 2.46. The van der Waals surface area contributed by atoms with Gasteiger partial charge in [0.2, 0.25) is 11.8 Å². The molecule has 3 rings (SSSR count). The summed E-state index contributed by atoms with van der Waals surface area (Å²) in [4.78, 5) is 11.8. The summed E-state index contributed by atoms with van der Waals surface area (Å²) in [6.07, 6.45) is 1.72. The summed E-state index contributed by atoms with van der Waals surface area (Å²) in [5, 5.41) is 17.2. The van der Waals surface area contributed by atoms with Crippen LogP contribution in [0.15, 0.2) is 35.0 Å². The van der Waals surface area contributed by atoms with Crippen molar-refractivity contribution in [2.24, 2.45) is 0 Å². The van der Waals surface area contributed by atoms with Crippen LogP contribution in [0, 0.1) is 6.92 Å². The maximum absolute atomic E-state index is 11.8. The van der Waals surface area contributed by atoms with Crippen molar-refractivity contribution in [1.82, 2.24) is 15.4 Å². The van der Waals surface area contributed by atoms with E-state index in [4.69, 9.17) is 4.52 Å². The fourth-order valence-corrected chi connectivity index (χ4v) is 1.90. The summed E-state index contributed by atoms with van der Waals surface area (Å²) < 4.78 is 4.92. The quantitative estimate of drug-likeness (QED) is 0.673. The Hall–Kier alpha value is -2.83. The summed E-state index contributed by atoms with van der Waals surface area (Å²) in [5.74, 6) is 0.137. The van der Waals surface area contributed by atoms with Gasteiger partial charge in [-0.15, -0.1) is 0 Å². The second kappa shape index (κ2) is 5.04. The number of H-pyrrole nitrogens is 1. The number of aromatic nitrogens is 3. The summed E-state index contributed by atoms with van der Waals surface area (Å²) >= 11 is 0. The minimum atomic E-state index is -0.207. The number of fused-ring (bicyclic) bond motifs is 1. The van der Waals surface area contributed by atoms with Crippen LogP contribution in [0.2, 0.25) is 0 Å². The Morgan fingerprint density at radius 3 is 3.15 bits per heavy atom. The van der Waals surface area contributed by atoms with Gasteiger partial charge in [0.15, 0.2) is 0 Å². The first kappa shape index (κ1) is 12.2. The molecule has 2 aromatic heterocycles. The van der Waals surface area contributed by atoms with E-state index in [9.17, 15) is 4.79 Å². The molecule has 0 radical (unpaired) electrons. The van der Waals surface area contributed by atoms with Crippen LogP contribution in [0.5, 0.6) is 0 Å². The molecular formula is C13H13N5O2. The van der Waals surface area contributed by atoms with Crippen molar-refractivity contribution in [3.8, 4) is 0 Å². The van der Waals surface area contributed by atoms with E-state index in [0.29, 0.717) is 5.88 Å². The lowest BCUT2D eigenvalue weighted by Gasteiger charge is -2.06. The largest absolute Gasteiger partial charge is 0.376 e. The van der Waals surface area contributed by atoms with Crippen LogP contribution < -0.4 is 10.6 Å². The van der Waals surface area contributed by atoms with Crippen molar-refractivity contribution in [1.29, 1.82) is 0 Å². The molecule has 0 aliphatic carbocycles. The Morgan fingerprint density at radius 1 is 1.45 bits per heavy atom. The molecule has 0 aliphatic heterocycles. The molecule has 102 valence electrons. The van der Waals surface area contributed by atoms with Crippen molar-refractivity contribution < 1.29 is 9.32 Å². The van der Waals surface area contributed by atoms with Gasteiger partial charge in [-0.25, -0.2) is 0 Å². The maximum atomic E-state index is 11.8. The molecule has 0 saturated carbocycles.